The van der Waals surface area contributed by atoms with Gasteiger partial charge in [-0.15, -0.1) is 11.8 Å². The SMILES string of the molecule is COc1ccccc1[C@H]1CS[C@H](C(=O)O)N1. The van der Waals surface area contributed by atoms with Gasteiger partial charge in [-0.2, -0.15) is 0 Å². The summed E-state index contributed by atoms with van der Waals surface area (Å²) in [5.41, 5.74) is 1.02. The van der Waals surface area contributed by atoms with Crippen LogP contribution >= 0.6 is 11.8 Å². The molecule has 0 radical (unpaired) electrons. The fraction of sp³-hybridized carbons (Fsp3) is 0.364. The Morgan fingerprint density at radius 2 is 2.31 bits per heavy atom. The number of aliphatic carboxylic acids is 1. The van der Waals surface area contributed by atoms with E-state index in [-0.39, 0.29) is 6.04 Å². The number of carboxylic acid groups (broad SMARTS) is 1. The molecule has 2 N–H and O–H groups in total. The average Bonchev–Trinajstić information content (AvgIpc) is 2.78. The number of carbonyl (C=O) groups is 1. The van der Waals surface area contributed by atoms with Crippen LogP contribution < -0.4 is 10.1 Å². The number of thioether (sulfide) groups is 1. The van der Waals surface area contributed by atoms with Crippen molar-refractivity contribution in [2.24, 2.45) is 0 Å². The van der Waals surface area contributed by atoms with Crippen molar-refractivity contribution < 1.29 is 14.6 Å². The maximum Gasteiger partial charge on any atom is 0.331 e. The molecule has 1 saturated heterocycles. The molecule has 1 aromatic carbocycles. The zero-order valence-electron chi connectivity index (χ0n) is 8.84. The number of carboxylic acids is 1. The monoisotopic (exact) mass is 239 g/mol. The van der Waals surface area contributed by atoms with Crippen molar-refractivity contribution in [2.75, 3.05) is 12.9 Å². The summed E-state index contributed by atoms with van der Waals surface area (Å²) in [6.07, 6.45) is 0. The van der Waals surface area contributed by atoms with Gasteiger partial charge in [0.15, 0.2) is 5.37 Å². The number of nitrogens with one attached hydrogen (secondary N) is 1. The summed E-state index contributed by atoms with van der Waals surface area (Å²) < 4.78 is 5.26. The van der Waals surface area contributed by atoms with E-state index in [0.29, 0.717) is 0 Å². The first-order valence-electron chi connectivity index (χ1n) is 4.95. The number of para-hydroxylation sites is 1. The molecule has 1 heterocycles. The van der Waals surface area contributed by atoms with Crippen molar-refractivity contribution in [3.05, 3.63) is 29.8 Å². The van der Waals surface area contributed by atoms with Crippen LogP contribution in [0.4, 0.5) is 0 Å². The van der Waals surface area contributed by atoms with E-state index in [1.54, 1.807) is 7.11 Å². The Morgan fingerprint density at radius 1 is 1.56 bits per heavy atom. The van der Waals surface area contributed by atoms with E-state index < -0.39 is 11.3 Å². The highest BCUT2D eigenvalue weighted by Crippen LogP contribution is 2.33. The molecular weight excluding hydrogens is 226 g/mol. The fourth-order valence-corrected chi connectivity index (χ4v) is 2.81. The molecule has 0 aromatic heterocycles. The number of hydrogen-bond donors (Lipinski definition) is 2. The second-order valence-electron chi connectivity index (χ2n) is 3.51. The summed E-state index contributed by atoms with van der Waals surface area (Å²) in [6.45, 7) is 0. The maximum atomic E-state index is 10.8. The highest BCUT2D eigenvalue weighted by Gasteiger charge is 2.31. The predicted octanol–water partition coefficient (Wildman–Crippen LogP) is 1.48. The Morgan fingerprint density at radius 3 is 2.94 bits per heavy atom. The molecule has 0 saturated carbocycles. The van der Waals surface area contributed by atoms with E-state index in [4.69, 9.17) is 9.84 Å². The highest BCUT2D eigenvalue weighted by atomic mass is 32.2. The van der Waals surface area contributed by atoms with Crippen LogP contribution in [-0.4, -0.2) is 29.3 Å². The Hall–Kier alpha value is -1.20. The maximum absolute atomic E-state index is 10.8. The molecule has 0 spiro atoms. The van der Waals surface area contributed by atoms with E-state index >= 15 is 0 Å². The minimum atomic E-state index is -0.817. The van der Waals surface area contributed by atoms with Crippen molar-refractivity contribution in [2.45, 2.75) is 11.4 Å². The van der Waals surface area contributed by atoms with Gasteiger partial charge in [-0.25, -0.2) is 4.79 Å². The lowest BCUT2D eigenvalue weighted by Crippen LogP contribution is -2.30. The van der Waals surface area contributed by atoms with Crippen molar-refractivity contribution in [3.8, 4) is 5.75 Å². The number of rotatable bonds is 3. The van der Waals surface area contributed by atoms with Gasteiger partial charge >= 0.3 is 5.97 Å². The lowest BCUT2D eigenvalue weighted by atomic mass is 10.1. The Balaban J connectivity index is 2.17. The molecular formula is C11H13NO3S. The van der Waals surface area contributed by atoms with E-state index in [1.807, 2.05) is 24.3 Å². The number of hydrogen-bond acceptors (Lipinski definition) is 4. The van der Waals surface area contributed by atoms with Crippen molar-refractivity contribution in [3.63, 3.8) is 0 Å². The van der Waals surface area contributed by atoms with Crippen LogP contribution in [0.5, 0.6) is 5.75 Å². The second kappa shape index (κ2) is 4.76. The lowest BCUT2D eigenvalue weighted by molar-refractivity contribution is -0.137. The molecule has 0 amide bonds. The van der Waals surface area contributed by atoms with Crippen molar-refractivity contribution in [1.82, 2.24) is 5.32 Å². The zero-order valence-corrected chi connectivity index (χ0v) is 9.66. The van der Waals surface area contributed by atoms with Gasteiger partial charge in [0.1, 0.15) is 5.75 Å². The van der Waals surface area contributed by atoms with Crippen molar-refractivity contribution in [1.29, 1.82) is 0 Å². The number of methoxy groups -OCH3 is 1. The summed E-state index contributed by atoms with van der Waals surface area (Å²) in [4.78, 5) is 10.8. The molecule has 1 aliphatic rings. The van der Waals surface area contributed by atoms with Crippen LogP contribution in [0.2, 0.25) is 0 Å². The first-order chi connectivity index (χ1) is 7.72. The summed E-state index contributed by atoms with van der Waals surface area (Å²) in [5, 5.41) is 11.4. The van der Waals surface area contributed by atoms with Gasteiger partial charge < -0.3 is 9.84 Å². The molecule has 1 aliphatic heterocycles. The average molecular weight is 239 g/mol. The molecule has 1 fully saturated rings. The van der Waals surface area contributed by atoms with Gasteiger partial charge in [-0.3, -0.25) is 5.32 Å². The summed E-state index contributed by atoms with van der Waals surface area (Å²) in [6, 6.07) is 7.72. The van der Waals surface area contributed by atoms with Crippen LogP contribution in [0.1, 0.15) is 11.6 Å². The topological polar surface area (TPSA) is 58.6 Å². The first kappa shape index (κ1) is 11.3. The van der Waals surface area contributed by atoms with Crippen LogP contribution in [0, 0.1) is 0 Å². The molecule has 0 aliphatic carbocycles. The molecule has 4 nitrogen and oxygen atoms in total. The molecule has 16 heavy (non-hydrogen) atoms. The van der Waals surface area contributed by atoms with E-state index in [1.165, 1.54) is 11.8 Å². The molecule has 0 bridgehead atoms. The third-order valence-electron chi connectivity index (χ3n) is 2.52. The van der Waals surface area contributed by atoms with Gasteiger partial charge in [0.05, 0.1) is 7.11 Å². The van der Waals surface area contributed by atoms with Crippen molar-refractivity contribution >= 4 is 17.7 Å². The number of benzene rings is 1. The van der Waals surface area contributed by atoms with Crippen LogP contribution in [0.25, 0.3) is 0 Å². The summed E-state index contributed by atoms with van der Waals surface area (Å²) in [7, 11) is 1.62. The Kier molecular flexibility index (Phi) is 3.36. The van der Waals surface area contributed by atoms with Gasteiger partial charge in [0, 0.05) is 17.4 Å². The molecule has 5 heteroatoms. The minimum Gasteiger partial charge on any atom is -0.496 e. The number of ether oxygens (including phenoxy) is 1. The van der Waals surface area contributed by atoms with Crippen LogP contribution in [0.15, 0.2) is 24.3 Å². The van der Waals surface area contributed by atoms with Gasteiger partial charge in [-0.05, 0) is 6.07 Å². The highest BCUT2D eigenvalue weighted by molar-refractivity contribution is 8.00. The molecule has 2 atom stereocenters. The third-order valence-corrected chi connectivity index (χ3v) is 3.72. The van der Waals surface area contributed by atoms with Crippen LogP contribution in [-0.2, 0) is 4.79 Å². The fourth-order valence-electron chi connectivity index (χ4n) is 1.75. The van der Waals surface area contributed by atoms with Crippen LogP contribution in [0.3, 0.4) is 0 Å². The zero-order chi connectivity index (χ0) is 11.5. The smallest absolute Gasteiger partial charge is 0.331 e. The minimum absolute atomic E-state index is 0.0437. The lowest BCUT2D eigenvalue weighted by Gasteiger charge is -2.14. The first-order valence-corrected chi connectivity index (χ1v) is 6.00. The molecule has 1 aromatic rings. The second-order valence-corrected chi connectivity index (χ2v) is 4.65. The predicted molar refractivity (Wildman–Crippen MR) is 62.8 cm³/mol. The van der Waals surface area contributed by atoms with E-state index in [9.17, 15) is 4.79 Å². The normalized spacial score (nSPS) is 24.3. The summed E-state index contributed by atoms with van der Waals surface area (Å²) in [5.74, 6) is 0.728. The molecule has 2 rings (SSSR count). The van der Waals surface area contributed by atoms with E-state index in [2.05, 4.69) is 5.32 Å². The molecule has 0 unspecified atom stereocenters. The quantitative estimate of drug-likeness (QED) is 0.836. The standard InChI is InChI=1S/C11H13NO3S/c1-15-9-5-3-2-4-7(9)8-6-16-10(12-8)11(13)14/h2-5,8,10,12H,6H2,1H3,(H,13,14)/t8-,10-/m1/s1. The molecule has 86 valence electrons. The van der Waals surface area contributed by atoms with Gasteiger partial charge in [0.25, 0.3) is 0 Å². The van der Waals surface area contributed by atoms with Gasteiger partial charge in [0.2, 0.25) is 0 Å². The third kappa shape index (κ3) is 2.15. The Bertz CT molecular complexity index is 397. The van der Waals surface area contributed by atoms with E-state index in [0.717, 1.165) is 17.1 Å². The summed E-state index contributed by atoms with van der Waals surface area (Å²) >= 11 is 1.41. The van der Waals surface area contributed by atoms with Gasteiger partial charge in [-0.1, -0.05) is 18.2 Å². The Labute approximate surface area is 98.0 Å². The largest absolute Gasteiger partial charge is 0.496 e.